The Morgan fingerprint density at radius 3 is 2.68 bits per heavy atom. The Labute approximate surface area is 184 Å². The predicted octanol–water partition coefficient (Wildman–Crippen LogP) is 3.35. The summed E-state index contributed by atoms with van der Waals surface area (Å²) < 4.78 is 11.6. The molecule has 1 aromatic heterocycles. The van der Waals surface area contributed by atoms with Crippen LogP contribution in [-0.4, -0.2) is 61.7 Å². The number of unbranched alkanes of at least 4 members (excludes halogenated alkanes) is 1. The Balaban J connectivity index is 1.15. The van der Waals surface area contributed by atoms with Crippen LogP contribution in [0.5, 0.6) is 11.6 Å². The molecule has 1 aromatic carbocycles. The van der Waals surface area contributed by atoms with Gasteiger partial charge in [-0.1, -0.05) is 12.1 Å². The number of carbonyl (C=O) groups is 1. The van der Waals surface area contributed by atoms with E-state index in [1.165, 1.54) is 5.69 Å². The van der Waals surface area contributed by atoms with E-state index >= 15 is 0 Å². The minimum atomic E-state index is 0.0265. The van der Waals surface area contributed by atoms with Crippen molar-refractivity contribution in [2.75, 3.05) is 56.2 Å². The molecule has 2 aliphatic rings. The molecule has 0 radical (unpaired) electrons. The van der Waals surface area contributed by atoms with Gasteiger partial charge in [-0.3, -0.25) is 9.69 Å². The number of amides is 1. The highest BCUT2D eigenvalue weighted by Crippen LogP contribution is 2.29. The molecule has 2 aromatic rings. The maximum absolute atomic E-state index is 11.5. The number of fused-ring (bicyclic) bond motifs is 1. The Hall–Kier alpha value is -2.80. The fourth-order valence-corrected chi connectivity index (χ4v) is 4.13. The summed E-state index contributed by atoms with van der Waals surface area (Å²) in [6, 6.07) is 12.2. The van der Waals surface area contributed by atoms with E-state index in [2.05, 4.69) is 38.3 Å². The number of piperazine rings is 1. The second kappa shape index (κ2) is 10.5. The monoisotopic (exact) mass is 424 g/mol. The van der Waals surface area contributed by atoms with Crippen molar-refractivity contribution in [3.8, 4) is 11.6 Å². The Morgan fingerprint density at radius 1 is 1.00 bits per heavy atom. The van der Waals surface area contributed by atoms with Crippen molar-refractivity contribution < 1.29 is 14.3 Å². The number of aryl methyl sites for hydroxylation is 1. The number of benzene rings is 1. The van der Waals surface area contributed by atoms with E-state index < -0.39 is 0 Å². The van der Waals surface area contributed by atoms with Crippen LogP contribution in [0.25, 0.3) is 0 Å². The molecule has 0 saturated carbocycles. The molecular formula is C24H32N4O3. The zero-order chi connectivity index (χ0) is 21.5. The fourth-order valence-electron chi connectivity index (χ4n) is 4.13. The lowest BCUT2D eigenvalue weighted by Gasteiger charge is -2.36. The van der Waals surface area contributed by atoms with Gasteiger partial charge in [0, 0.05) is 38.7 Å². The molecule has 0 unspecified atom stereocenters. The SMILES string of the molecule is CCOc1ccccc1N1CCN(CCCCOc2ccc3c(n2)NC(=O)CC3)CC1. The van der Waals surface area contributed by atoms with E-state index in [9.17, 15) is 4.79 Å². The molecule has 7 heteroatoms. The normalized spacial score (nSPS) is 16.5. The number of aromatic nitrogens is 1. The van der Waals surface area contributed by atoms with Gasteiger partial charge in [0.05, 0.1) is 18.9 Å². The predicted molar refractivity (Wildman–Crippen MR) is 122 cm³/mol. The number of nitrogens with zero attached hydrogens (tertiary/aromatic N) is 3. The summed E-state index contributed by atoms with van der Waals surface area (Å²) in [5.41, 5.74) is 2.28. The molecule has 4 rings (SSSR count). The molecule has 7 nitrogen and oxygen atoms in total. The van der Waals surface area contributed by atoms with Gasteiger partial charge in [0.1, 0.15) is 11.6 Å². The first-order valence-corrected chi connectivity index (χ1v) is 11.3. The lowest BCUT2D eigenvalue weighted by atomic mass is 10.1. The maximum atomic E-state index is 11.5. The molecular weight excluding hydrogens is 392 g/mol. The standard InChI is InChI=1S/C24H32N4O3/c1-2-30-21-8-4-3-7-20(21)28-16-14-27(15-17-28)13-5-6-18-31-23-12-10-19-9-11-22(29)25-24(19)26-23/h3-4,7-8,10,12H,2,5-6,9,11,13-18H2,1H3,(H,25,26,29). The van der Waals surface area contributed by atoms with E-state index in [-0.39, 0.29) is 5.91 Å². The van der Waals surface area contributed by atoms with Crippen LogP contribution < -0.4 is 19.7 Å². The van der Waals surface area contributed by atoms with Crippen molar-refractivity contribution in [2.24, 2.45) is 0 Å². The number of anilines is 2. The third-order valence-electron chi connectivity index (χ3n) is 5.83. The molecule has 0 spiro atoms. The molecule has 31 heavy (non-hydrogen) atoms. The van der Waals surface area contributed by atoms with E-state index in [0.29, 0.717) is 31.3 Å². The molecule has 0 aliphatic carbocycles. The minimum Gasteiger partial charge on any atom is -0.492 e. The summed E-state index contributed by atoms with van der Waals surface area (Å²) in [6.07, 6.45) is 3.36. The fraction of sp³-hybridized carbons (Fsp3) is 0.500. The lowest BCUT2D eigenvalue weighted by molar-refractivity contribution is -0.116. The van der Waals surface area contributed by atoms with Crippen molar-refractivity contribution in [2.45, 2.75) is 32.6 Å². The molecule has 1 amide bonds. The number of carbonyl (C=O) groups excluding carboxylic acids is 1. The Morgan fingerprint density at radius 2 is 1.84 bits per heavy atom. The van der Waals surface area contributed by atoms with Crippen molar-refractivity contribution in [1.29, 1.82) is 0 Å². The van der Waals surface area contributed by atoms with E-state index in [1.807, 2.05) is 25.1 Å². The molecule has 0 bridgehead atoms. The summed E-state index contributed by atoms with van der Waals surface area (Å²) in [7, 11) is 0. The summed E-state index contributed by atoms with van der Waals surface area (Å²) in [5, 5.41) is 2.82. The number of hydrogen-bond donors (Lipinski definition) is 1. The summed E-state index contributed by atoms with van der Waals surface area (Å²) in [6.45, 7) is 8.60. The highest BCUT2D eigenvalue weighted by atomic mass is 16.5. The van der Waals surface area contributed by atoms with Gasteiger partial charge in [-0.25, -0.2) is 0 Å². The van der Waals surface area contributed by atoms with Crippen LogP contribution in [0.2, 0.25) is 0 Å². The second-order valence-corrected chi connectivity index (χ2v) is 7.99. The van der Waals surface area contributed by atoms with Gasteiger partial charge in [0.25, 0.3) is 0 Å². The van der Waals surface area contributed by atoms with Crippen LogP contribution in [0, 0.1) is 0 Å². The zero-order valence-corrected chi connectivity index (χ0v) is 18.3. The number of pyridine rings is 1. The Bertz CT molecular complexity index is 881. The largest absolute Gasteiger partial charge is 0.492 e. The van der Waals surface area contributed by atoms with Gasteiger partial charge in [-0.2, -0.15) is 4.98 Å². The van der Waals surface area contributed by atoms with Gasteiger partial charge in [0.2, 0.25) is 11.8 Å². The molecule has 1 fully saturated rings. The van der Waals surface area contributed by atoms with Gasteiger partial charge >= 0.3 is 0 Å². The van der Waals surface area contributed by atoms with Crippen molar-refractivity contribution in [3.63, 3.8) is 0 Å². The summed E-state index contributed by atoms with van der Waals surface area (Å²) in [5.74, 6) is 2.24. The molecule has 1 N–H and O–H groups in total. The van der Waals surface area contributed by atoms with Gasteiger partial charge < -0.3 is 19.7 Å². The van der Waals surface area contributed by atoms with Crippen LogP contribution in [0.3, 0.4) is 0 Å². The first-order valence-electron chi connectivity index (χ1n) is 11.3. The van der Waals surface area contributed by atoms with Crippen molar-refractivity contribution in [1.82, 2.24) is 9.88 Å². The van der Waals surface area contributed by atoms with Gasteiger partial charge in [-0.05, 0) is 56.5 Å². The maximum Gasteiger partial charge on any atom is 0.225 e. The van der Waals surface area contributed by atoms with E-state index in [0.717, 1.165) is 63.3 Å². The molecule has 2 aliphatic heterocycles. The van der Waals surface area contributed by atoms with E-state index in [4.69, 9.17) is 9.47 Å². The van der Waals surface area contributed by atoms with Crippen LogP contribution >= 0.6 is 0 Å². The van der Waals surface area contributed by atoms with Crippen molar-refractivity contribution >= 4 is 17.4 Å². The third-order valence-corrected chi connectivity index (χ3v) is 5.83. The number of hydrogen-bond acceptors (Lipinski definition) is 6. The Kier molecular flexibility index (Phi) is 7.25. The lowest BCUT2D eigenvalue weighted by Crippen LogP contribution is -2.46. The van der Waals surface area contributed by atoms with Gasteiger partial charge in [-0.15, -0.1) is 0 Å². The zero-order valence-electron chi connectivity index (χ0n) is 18.3. The van der Waals surface area contributed by atoms with Crippen LogP contribution in [0.4, 0.5) is 11.5 Å². The highest BCUT2D eigenvalue weighted by Gasteiger charge is 2.19. The van der Waals surface area contributed by atoms with E-state index in [1.54, 1.807) is 0 Å². The summed E-state index contributed by atoms with van der Waals surface area (Å²) in [4.78, 5) is 20.9. The topological polar surface area (TPSA) is 66.9 Å². The van der Waals surface area contributed by atoms with Crippen LogP contribution in [-0.2, 0) is 11.2 Å². The van der Waals surface area contributed by atoms with Crippen LogP contribution in [0.1, 0.15) is 31.7 Å². The van der Waals surface area contributed by atoms with Crippen LogP contribution in [0.15, 0.2) is 36.4 Å². The quantitative estimate of drug-likeness (QED) is 0.623. The first-order chi connectivity index (χ1) is 15.2. The molecule has 0 atom stereocenters. The summed E-state index contributed by atoms with van der Waals surface area (Å²) >= 11 is 0. The highest BCUT2D eigenvalue weighted by molar-refractivity contribution is 5.92. The number of para-hydroxylation sites is 2. The molecule has 3 heterocycles. The number of ether oxygens (including phenoxy) is 2. The average Bonchev–Trinajstić information content (AvgIpc) is 2.80. The third kappa shape index (κ3) is 5.67. The first kappa shape index (κ1) is 21.4. The second-order valence-electron chi connectivity index (χ2n) is 7.99. The van der Waals surface area contributed by atoms with Gasteiger partial charge in [0.15, 0.2) is 0 Å². The molecule has 166 valence electrons. The smallest absolute Gasteiger partial charge is 0.225 e. The van der Waals surface area contributed by atoms with Crippen molar-refractivity contribution in [3.05, 3.63) is 42.0 Å². The number of nitrogens with one attached hydrogen (secondary N) is 1. The minimum absolute atomic E-state index is 0.0265. The average molecular weight is 425 g/mol. The molecule has 1 saturated heterocycles. The number of rotatable bonds is 9.